The molecule has 0 fully saturated rings. The fourth-order valence-corrected chi connectivity index (χ4v) is 3.10. The standard InChI is InChI=1S/C19H16ClFN2O2S/c1-12-2-7-16(21)17(8-12)23-18(24)9-14-11-26-19(22-14)10-25-15-5-3-13(20)4-6-15/h2-8,11H,9-10H2,1H3,(H,23,24). The van der Waals surface area contributed by atoms with Gasteiger partial charge in [-0.25, -0.2) is 9.37 Å². The first-order valence-electron chi connectivity index (χ1n) is 7.87. The van der Waals surface area contributed by atoms with Crippen LogP contribution >= 0.6 is 22.9 Å². The van der Waals surface area contributed by atoms with Gasteiger partial charge in [-0.2, -0.15) is 0 Å². The summed E-state index contributed by atoms with van der Waals surface area (Å²) in [6.45, 7) is 2.14. The second-order valence-corrected chi connectivity index (χ2v) is 7.06. The van der Waals surface area contributed by atoms with E-state index in [0.29, 0.717) is 23.1 Å². The summed E-state index contributed by atoms with van der Waals surface area (Å²) in [5, 5.41) is 5.77. The maximum atomic E-state index is 13.7. The topological polar surface area (TPSA) is 51.2 Å². The number of rotatable bonds is 6. The third-order valence-corrected chi connectivity index (χ3v) is 4.64. The normalized spacial score (nSPS) is 10.6. The van der Waals surface area contributed by atoms with Gasteiger partial charge in [0.2, 0.25) is 5.91 Å². The average Bonchev–Trinajstić information content (AvgIpc) is 3.05. The van der Waals surface area contributed by atoms with Crippen LogP contribution in [0.15, 0.2) is 47.8 Å². The van der Waals surface area contributed by atoms with Crippen molar-refractivity contribution >= 4 is 34.5 Å². The molecule has 0 atom stereocenters. The molecule has 0 saturated heterocycles. The van der Waals surface area contributed by atoms with Crippen LogP contribution in [0.5, 0.6) is 5.75 Å². The van der Waals surface area contributed by atoms with E-state index in [1.807, 2.05) is 6.92 Å². The van der Waals surface area contributed by atoms with Crippen molar-refractivity contribution in [1.82, 2.24) is 4.98 Å². The number of hydrogen-bond acceptors (Lipinski definition) is 4. The van der Waals surface area contributed by atoms with Crippen LogP contribution in [0.1, 0.15) is 16.3 Å². The fraction of sp³-hybridized carbons (Fsp3) is 0.158. The molecule has 134 valence electrons. The Hall–Kier alpha value is -2.44. The minimum absolute atomic E-state index is 0.0742. The first-order valence-corrected chi connectivity index (χ1v) is 9.13. The maximum Gasteiger partial charge on any atom is 0.230 e. The van der Waals surface area contributed by atoms with E-state index in [1.54, 1.807) is 41.8 Å². The number of aromatic nitrogens is 1. The van der Waals surface area contributed by atoms with Crippen LogP contribution in [0.25, 0.3) is 0 Å². The molecule has 0 spiro atoms. The minimum atomic E-state index is -0.459. The molecule has 3 aromatic rings. The smallest absolute Gasteiger partial charge is 0.230 e. The van der Waals surface area contributed by atoms with Crippen molar-refractivity contribution in [2.24, 2.45) is 0 Å². The summed E-state index contributed by atoms with van der Waals surface area (Å²) in [5.41, 5.74) is 1.67. The zero-order valence-corrected chi connectivity index (χ0v) is 15.5. The van der Waals surface area contributed by atoms with Crippen LogP contribution in [0.3, 0.4) is 0 Å². The lowest BCUT2D eigenvalue weighted by Crippen LogP contribution is -2.15. The molecule has 4 nitrogen and oxygen atoms in total. The number of halogens is 2. The van der Waals surface area contributed by atoms with Gasteiger partial charge in [-0.1, -0.05) is 17.7 Å². The van der Waals surface area contributed by atoms with Crippen molar-refractivity contribution in [2.75, 3.05) is 5.32 Å². The van der Waals surface area contributed by atoms with Gasteiger partial charge in [-0.15, -0.1) is 11.3 Å². The van der Waals surface area contributed by atoms with E-state index in [9.17, 15) is 9.18 Å². The predicted molar refractivity (Wildman–Crippen MR) is 101 cm³/mol. The summed E-state index contributed by atoms with van der Waals surface area (Å²) < 4.78 is 19.3. The van der Waals surface area contributed by atoms with Gasteiger partial charge in [0, 0.05) is 10.4 Å². The Morgan fingerprint density at radius 1 is 1.27 bits per heavy atom. The number of amides is 1. The third kappa shape index (κ3) is 5.03. The molecular weight excluding hydrogens is 375 g/mol. The minimum Gasteiger partial charge on any atom is -0.486 e. The Balaban J connectivity index is 1.55. The molecule has 0 radical (unpaired) electrons. The largest absolute Gasteiger partial charge is 0.486 e. The highest BCUT2D eigenvalue weighted by Crippen LogP contribution is 2.19. The van der Waals surface area contributed by atoms with Gasteiger partial charge in [0.15, 0.2) is 0 Å². The van der Waals surface area contributed by atoms with Gasteiger partial charge in [0.25, 0.3) is 0 Å². The molecule has 1 aromatic heterocycles. The van der Waals surface area contributed by atoms with Crippen molar-refractivity contribution < 1.29 is 13.9 Å². The van der Waals surface area contributed by atoms with Crippen LogP contribution in [0.2, 0.25) is 5.02 Å². The quantitative estimate of drug-likeness (QED) is 0.644. The first kappa shape index (κ1) is 18.4. The van der Waals surface area contributed by atoms with Crippen molar-refractivity contribution in [1.29, 1.82) is 0 Å². The van der Waals surface area contributed by atoms with Gasteiger partial charge < -0.3 is 10.1 Å². The molecule has 0 saturated carbocycles. The molecule has 26 heavy (non-hydrogen) atoms. The molecule has 1 N–H and O–H groups in total. The number of nitrogens with one attached hydrogen (secondary N) is 1. The van der Waals surface area contributed by atoms with E-state index in [0.717, 1.165) is 10.6 Å². The maximum absolute atomic E-state index is 13.7. The molecular formula is C19H16ClFN2O2S. The number of aryl methyl sites for hydroxylation is 1. The van der Waals surface area contributed by atoms with Crippen LogP contribution in [-0.4, -0.2) is 10.9 Å². The van der Waals surface area contributed by atoms with Crippen LogP contribution < -0.4 is 10.1 Å². The molecule has 0 aliphatic rings. The number of carbonyl (C=O) groups excluding carboxylic acids is 1. The molecule has 1 heterocycles. The third-order valence-electron chi connectivity index (χ3n) is 3.51. The Morgan fingerprint density at radius 3 is 2.81 bits per heavy atom. The van der Waals surface area contributed by atoms with Gasteiger partial charge in [0.1, 0.15) is 23.2 Å². The van der Waals surface area contributed by atoms with E-state index in [4.69, 9.17) is 16.3 Å². The zero-order chi connectivity index (χ0) is 18.5. The lowest BCUT2D eigenvalue weighted by Gasteiger charge is -2.06. The molecule has 0 aliphatic carbocycles. The first-order chi connectivity index (χ1) is 12.5. The second kappa shape index (κ2) is 8.29. The number of hydrogen-bond donors (Lipinski definition) is 1. The molecule has 0 aliphatic heterocycles. The van der Waals surface area contributed by atoms with Gasteiger partial charge in [-0.05, 0) is 48.9 Å². The molecule has 0 bridgehead atoms. The molecule has 7 heteroatoms. The molecule has 3 rings (SSSR count). The highest BCUT2D eigenvalue weighted by Gasteiger charge is 2.11. The molecule has 2 aromatic carbocycles. The van der Waals surface area contributed by atoms with Crippen LogP contribution in [-0.2, 0) is 17.8 Å². The van der Waals surface area contributed by atoms with Gasteiger partial charge >= 0.3 is 0 Å². The number of thiazole rings is 1. The monoisotopic (exact) mass is 390 g/mol. The summed E-state index contributed by atoms with van der Waals surface area (Å²) in [4.78, 5) is 16.5. The second-order valence-electron chi connectivity index (χ2n) is 5.68. The lowest BCUT2D eigenvalue weighted by atomic mass is 10.2. The number of benzene rings is 2. The van der Waals surface area contributed by atoms with E-state index >= 15 is 0 Å². The SMILES string of the molecule is Cc1ccc(F)c(NC(=O)Cc2csc(COc3ccc(Cl)cc3)n2)c1. The fourth-order valence-electron chi connectivity index (χ4n) is 2.27. The Morgan fingerprint density at radius 2 is 2.04 bits per heavy atom. The van der Waals surface area contributed by atoms with Crippen LogP contribution in [0.4, 0.5) is 10.1 Å². The van der Waals surface area contributed by atoms with Crippen molar-refractivity contribution in [3.8, 4) is 5.75 Å². The van der Waals surface area contributed by atoms with Crippen LogP contribution in [0, 0.1) is 12.7 Å². The number of carbonyl (C=O) groups is 1. The zero-order valence-electron chi connectivity index (χ0n) is 14.0. The van der Waals surface area contributed by atoms with E-state index in [2.05, 4.69) is 10.3 Å². The van der Waals surface area contributed by atoms with Gasteiger partial charge in [0.05, 0.1) is 17.8 Å². The summed E-state index contributed by atoms with van der Waals surface area (Å²) in [7, 11) is 0. The van der Waals surface area contributed by atoms with E-state index in [-0.39, 0.29) is 18.0 Å². The summed E-state index contributed by atoms with van der Waals surface area (Å²) in [5.74, 6) is -0.0805. The van der Waals surface area contributed by atoms with E-state index in [1.165, 1.54) is 17.4 Å². The highest BCUT2D eigenvalue weighted by atomic mass is 35.5. The predicted octanol–water partition coefficient (Wildman–Crippen LogP) is 5.00. The molecule has 1 amide bonds. The Bertz CT molecular complexity index is 912. The van der Waals surface area contributed by atoms with E-state index < -0.39 is 5.82 Å². The number of anilines is 1. The summed E-state index contributed by atoms with van der Waals surface area (Å²) in [6, 6.07) is 11.6. The Labute approximate surface area is 159 Å². The van der Waals surface area contributed by atoms with Crippen molar-refractivity contribution in [2.45, 2.75) is 20.0 Å². The molecule has 0 unspecified atom stereocenters. The number of nitrogens with zero attached hydrogens (tertiary/aromatic N) is 1. The summed E-state index contributed by atoms with van der Waals surface area (Å²) in [6.07, 6.45) is 0.0742. The highest BCUT2D eigenvalue weighted by molar-refractivity contribution is 7.09. The van der Waals surface area contributed by atoms with Crippen molar-refractivity contribution in [3.63, 3.8) is 0 Å². The average molecular weight is 391 g/mol. The number of ether oxygens (including phenoxy) is 1. The van der Waals surface area contributed by atoms with Gasteiger partial charge in [-0.3, -0.25) is 4.79 Å². The summed E-state index contributed by atoms with van der Waals surface area (Å²) >= 11 is 7.24. The Kier molecular flexibility index (Phi) is 5.85. The van der Waals surface area contributed by atoms with Crippen molar-refractivity contribution in [3.05, 3.63) is 74.9 Å². The lowest BCUT2D eigenvalue weighted by molar-refractivity contribution is -0.115.